The highest BCUT2D eigenvalue weighted by Crippen LogP contribution is 2.26. The second-order valence-electron chi connectivity index (χ2n) is 4.14. The smallest absolute Gasteiger partial charge is 0.151 e. The van der Waals surface area contributed by atoms with E-state index >= 15 is 0 Å². The molecule has 0 aromatic carbocycles. The molecule has 0 heterocycles. The molecule has 1 saturated carbocycles. The lowest BCUT2D eigenvalue weighted by molar-refractivity contribution is 0.440. The maximum absolute atomic E-state index is 11.3. The highest BCUT2D eigenvalue weighted by Gasteiger charge is 2.25. The first-order chi connectivity index (χ1) is 7.09. The average molecular weight is 254 g/mol. The van der Waals surface area contributed by atoms with Gasteiger partial charge in [-0.25, -0.2) is 8.42 Å². The SMILES string of the molecule is CCS(=O)(=O)CCNC1CCCC1CCl. The second kappa shape index (κ2) is 6.06. The molecule has 1 fully saturated rings. The van der Waals surface area contributed by atoms with Gasteiger partial charge in [0.05, 0.1) is 5.75 Å². The largest absolute Gasteiger partial charge is 0.313 e. The van der Waals surface area contributed by atoms with E-state index in [1.807, 2.05) is 0 Å². The molecule has 2 atom stereocenters. The van der Waals surface area contributed by atoms with Crippen molar-refractivity contribution < 1.29 is 8.42 Å². The fourth-order valence-corrected chi connectivity index (χ4v) is 3.12. The van der Waals surface area contributed by atoms with Crippen molar-refractivity contribution in [2.45, 2.75) is 32.2 Å². The van der Waals surface area contributed by atoms with Crippen LogP contribution < -0.4 is 5.32 Å². The minimum atomic E-state index is -2.83. The third kappa shape index (κ3) is 4.29. The summed E-state index contributed by atoms with van der Waals surface area (Å²) in [6.07, 6.45) is 3.50. The molecule has 15 heavy (non-hydrogen) atoms. The number of hydrogen-bond donors (Lipinski definition) is 1. The lowest BCUT2D eigenvalue weighted by Crippen LogP contribution is -2.36. The number of halogens is 1. The minimum Gasteiger partial charge on any atom is -0.313 e. The quantitative estimate of drug-likeness (QED) is 0.729. The van der Waals surface area contributed by atoms with Gasteiger partial charge in [0.25, 0.3) is 0 Å². The summed E-state index contributed by atoms with van der Waals surface area (Å²) in [5.41, 5.74) is 0. The molecule has 2 unspecified atom stereocenters. The Morgan fingerprint density at radius 1 is 1.40 bits per heavy atom. The van der Waals surface area contributed by atoms with E-state index in [2.05, 4.69) is 5.32 Å². The Bertz CT molecular complexity index is 279. The van der Waals surface area contributed by atoms with Gasteiger partial charge in [-0.2, -0.15) is 0 Å². The minimum absolute atomic E-state index is 0.234. The molecule has 0 saturated heterocycles. The Labute approximate surface area is 97.5 Å². The van der Waals surface area contributed by atoms with Crippen LogP contribution in [0.3, 0.4) is 0 Å². The van der Waals surface area contributed by atoms with E-state index in [9.17, 15) is 8.42 Å². The summed E-state index contributed by atoms with van der Waals surface area (Å²) in [6.45, 7) is 2.25. The van der Waals surface area contributed by atoms with Gasteiger partial charge in [-0.3, -0.25) is 0 Å². The normalized spacial score (nSPS) is 27.1. The van der Waals surface area contributed by atoms with Crippen LogP contribution in [0, 0.1) is 5.92 Å². The van der Waals surface area contributed by atoms with Gasteiger partial charge < -0.3 is 5.32 Å². The van der Waals surface area contributed by atoms with Crippen molar-refractivity contribution in [2.75, 3.05) is 23.9 Å². The molecular weight excluding hydrogens is 234 g/mol. The summed E-state index contributed by atoms with van der Waals surface area (Å²) in [7, 11) is -2.83. The first-order valence-corrected chi connectivity index (χ1v) is 7.94. The van der Waals surface area contributed by atoms with E-state index < -0.39 is 9.84 Å². The number of sulfone groups is 1. The number of nitrogens with one attached hydrogen (secondary N) is 1. The molecule has 1 aliphatic carbocycles. The molecule has 5 heteroatoms. The summed E-state index contributed by atoms with van der Waals surface area (Å²) in [5.74, 6) is 1.68. The highest BCUT2D eigenvalue weighted by molar-refractivity contribution is 7.91. The van der Waals surface area contributed by atoms with Gasteiger partial charge in [0.2, 0.25) is 0 Å². The van der Waals surface area contributed by atoms with Crippen LogP contribution in [0.25, 0.3) is 0 Å². The van der Waals surface area contributed by atoms with Crippen LogP contribution in [0.4, 0.5) is 0 Å². The molecule has 1 N–H and O–H groups in total. The zero-order valence-corrected chi connectivity index (χ0v) is 10.8. The molecule has 90 valence electrons. The summed E-state index contributed by atoms with van der Waals surface area (Å²) in [5, 5.41) is 3.31. The molecule has 1 rings (SSSR count). The van der Waals surface area contributed by atoms with E-state index in [0.717, 1.165) is 6.42 Å². The first kappa shape index (κ1) is 13.3. The van der Waals surface area contributed by atoms with Crippen molar-refractivity contribution in [1.29, 1.82) is 0 Å². The second-order valence-corrected chi connectivity index (χ2v) is 6.92. The van der Waals surface area contributed by atoms with Crippen LogP contribution >= 0.6 is 11.6 Å². The Balaban J connectivity index is 2.25. The van der Waals surface area contributed by atoms with Gasteiger partial charge in [-0.05, 0) is 18.8 Å². The van der Waals surface area contributed by atoms with Gasteiger partial charge in [0, 0.05) is 24.2 Å². The number of hydrogen-bond acceptors (Lipinski definition) is 3. The maximum Gasteiger partial charge on any atom is 0.151 e. The average Bonchev–Trinajstić information content (AvgIpc) is 2.65. The number of rotatable bonds is 6. The van der Waals surface area contributed by atoms with Gasteiger partial charge in [0.15, 0.2) is 9.84 Å². The van der Waals surface area contributed by atoms with Crippen LogP contribution in [0.15, 0.2) is 0 Å². The zero-order chi connectivity index (χ0) is 11.3. The molecule has 0 radical (unpaired) electrons. The molecule has 0 bridgehead atoms. The first-order valence-electron chi connectivity index (χ1n) is 5.59. The molecule has 3 nitrogen and oxygen atoms in total. The Hall–Kier alpha value is 0.200. The van der Waals surface area contributed by atoms with Crippen molar-refractivity contribution in [1.82, 2.24) is 5.32 Å². The van der Waals surface area contributed by atoms with Crippen LogP contribution in [-0.2, 0) is 9.84 Å². The highest BCUT2D eigenvalue weighted by atomic mass is 35.5. The predicted octanol–water partition coefficient (Wildman–Crippen LogP) is 1.42. The fraction of sp³-hybridized carbons (Fsp3) is 1.00. The van der Waals surface area contributed by atoms with Gasteiger partial charge in [-0.1, -0.05) is 13.3 Å². The summed E-state index contributed by atoms with van der Waals surface area (Å²) < 4.78 is 22.5. The third-order valence-corrected chi connectivity index (χ3v) is 5.22. The van der Waals surface area contributed by atoms with Crippen LogP contribution in [0.5, 0.6) is 0 Å². The topological polar surface area (TPSA) is 46.2 Å². The summed E-state index contributed by atoms with van der Waals surface area (Å²) >= 11 is 5.84. The molecule has 0 aliphatic heterocycles. The lowest BCUT2D eigenvalue weighted by atomic mass is 10.1. The van der Waals surface area contributed by atoms with E-state index in [1.54, 1.807) is 6.92 Å². The third-order valence-electron chi connectivity index (χ3n) is 3.12. The lowest BCUT2D eigenvalue weighted by Gasteiger charge is -2.18. The van der Waals surface area contributed by atoms with Crippen molar-refractivity contribution in [3.8, 4) is 0 Å². The van der Waals surface area contributed by atoms with Crippen LogP contribution in [0.2, 0.25) is 0 Å². The van der Waals surface area contributed by atoms with Crippen LogP contribution in [0.1, 0.15) is 26.2 Å². The van der Waals surface area contributed by atoms with E-state index in [1.165, 1.54) is 12.8 Å². The Morgan fingerprint density at radius 2 is 2.13 bits per heavy atom. The Morgan fingerprint density at radius 3 is 2.73 bits per heavy atom. The predicted molar refractivity (Wildman–Crippen MR) is 64.2 cm³/mol. The van der Waals surface area contributed by atoms with Gasteiger partial charge >= 0.3 is 0 Å². The molecule has 0 amide bonds. The molecule has 0 aromatic rings. The summed E-state index contributed by atoms with van der Waals surface area (Å²) in [4.78, 5) is 0. The standard InChI is InChI=1S/C10H20ClNO2S/c1-2-15(13,14)7-6-12-10-5-3-4-9(10)8-11/h9-10,12H,2-8H2,1H3. The summed E-state index contributed by atoms with van der Waals surface area (Å²) in [6, 6.07) is 0.426. The zero-order valence-electron chi connectivity index (χ0n) is 9.21. The van der Waals surface area contributed by atoms with E-state index in [-0.39, 0.29) is 11.5 Å². The molecular formula is C10H20ClNO2S. The Kier molecular flexibility index (Phi) is 5.36. The van der Waals surface area contributed by atoms with Crippen molar-refractivity contribution in [2.24, 2.45) is 5.92 Å². The van der Waals surface area contributed by atoms with E-state index in [0.29, 0.717) is 24.4 Å². The molecule has 1 aliphatic rings. The molecule has 0 spiro atoms. The number of alkyl halides is 1. The monoisotopic (exact) mass is 253 g/mol. The maximum atomic E-state index is 11.3. The van der Waals surface area contributed by atoms with Crippen LogP contribution in [-0.4, -0.2) is 38.4 Å². The van der Waals surface area contributed by atoms with E-state index in [4.69, 9.17) is 11.6 Å². The molecule has 0 aromatic heterocycles. The van der Waals surface area contributed by atoms with Crippen molar-refractivity contribution in [3.05, 3.63) is 0 Å². The fourth-order valence-electron chi connectivity index (χ4n) is 2.03. The van der Waals surface area contributed by atoms with Crippen molar-refractivity contribution in [3.63, 3.8) is 0 Å². The van der Waals surface area contributed by atoms with Gasteiger partial charge in [0.1, 0.15) is 0 Å². The van der Waals surface area contributed by atoms with Crippen molar-refractivity contribution >= 4 is 21.4 Å². The van der Waals surface area contributed by atoms with Gasteiger partial charge in [-0.15, -0.1) is 11.6 Å².